The average Bonchev–Trinajstić information content (AvgIpc) is 2.84. The van der Waals surface area contributed by atoms with Gasteiger partial charge in [0.05, 0.1) is 0 Å². The van der Waals surface area contributed by atoms with Crippen LogP contribution >= 0.6 is 0 Å². The summed E-state index contributed by atoms with van der Waals surface area (Å²) in [6.07, 6.45) is 0. The predicted molar refractivity (Wildman–Crippen MR) is 141 cm³/mol. The second-order valence-corrected chi connectivity index (χ2v) is 9.04. The smallest absolute Gasteiger partial charge is 0.00604 e. The zero-order chi connectivity index (χ0) is 21.4. The molecule has 32 heavy (non-hydrogen) atoms. The summed E-state index contributed by atoms with van der Waals surface area (Å²) < 4.78 is 0. The first-order valence-corrected chi connectivity index (χ1v) is 11.3. The second kappa shape index (κ2) is 6.31. The van der Waals surface area contributed by atoms with E-state index in [0.717, 1.165) is 0 Å². The molecule has 0 saturated carbocycles. The molecule has 0 amide bonds. The van der Waals surface area contributed by atoms with Gasteiger partial charge in [0.1, 0.15) is 0 Å². The van der Waals surface area contributed by atoms with Gasteiger partial charge in [0.2, 0.25) is 0 Å². The van der Waals surface area contributed by atoms with E-state index in [1.165, 1.54) is 75.8 Å². The van der Waals surface area contributed by atoms with Gasteiger partial charge >= 0.3 is 0 Å². The third-order valence-electron chi connectivity index (χ3n) is 7.34. The molecule has 0 heteroatoms. The molecular formula is C32H22. The molecule has 0 atom stereocenters. The molecule has 0 heterocycles. The topological polar surface area (TPSA) is 0 Å². The first kappa shape index (κ1) is 17.7. The van der Waals surface area contributed by atoms with E-state index in [9.17, 15) is 0 Å². The molecule has 0 aromatic heterocycles. The van der Waals surface area contributed by atoms with Crippen LogP contribution in [0.1, 0.15) is 11.1 Å². The van der Waals surface area contributed by atoms with Crippen molar-refractivity contribution >= 4 is 64.6 Å². The molecule has 0 radical (unpaired) electrons. The van der Waals surface area contributed by atoms with Crippen LogP contribution in [-0.2, 0) is 0 Å². The maximum Gasteiger partial charge on any atom is -0.00604 e. The van der Waals surface area contributed by atoms with Gasteiger partial charge in [0, 0.05) is 0 Å². The molecule has 0 spiro atoms. The van der Waals surface area contributed by atoms with E-state index < -0.39 is 0 Å². The van der Waals surface area contributed by atoms with Crippen molar-refractivity contribution in [2.45, 2.75) is 13.8 Å². The van der Waals surface area contributed by atoms with Crippen molar-refractivity contribution in [2.75, 3.05) is 0 Å². The van der Waals surface area contributed by atoms with Gasteiger partial charge in [-0.1, -0.05) is 72.8 Å². The number of aryl methyl sites for hydroxylation is 2. The molecule has 7 aromatic carbocycles. The fraction of sp³-hybridized carbons (Fsp3) is 0.0625. The zero-order valence-corrected chi connectivity index (χ0v) is 18.2. The molecule has 0 aliphatic rings. The average molecular weight is 407 g/mol. The molecule has 0 nitrogen and oxygen atoms in total. The van der Waals surface area contributed by atoms with Crippen molar-refractivity contribution in [1.29, 1.82) is 0 Å². The normalized spacial score (nSPS) is 12.1. The largest absolute Gasteiger partial charge is 0.0616 e. The van der Waals surface area contributed by atoms with Crippen molar-refractivity contribution in [3.8, 4) is 0 Å². The maximum atomic E-state index is 2.41. The Bertz CT molecular complexity index is 1750. The first-order chi connectivity index (χ1) is 15.7. The Labute approximate surface area is 186 Å². The Morgan fingerprint density at radius 1 is 0.344 bits per heavy atom. The lowest BCUT2D eigenvalue weighted by Gasteiger charge is -2.19. The highest BCUT2D eigenvalue weighted by Gasteiger charge is 2.17. The molecule has 150 valence electrons. The Morgan fingerprint density at radius 2 is 0.656 bits per heavy atom. The van der Waals surface area contributed by atoms with Crippen molar-refractivity contribution in [2.24, 2.45) is 0 Å². The minimum absolute atomic E-state index is 1.30. The van der Waals surface area contributed by atoms with E-state index in [0.29, 0.717) is 0 Å². The number of rotatable bonds is 0. The van der Waals surface area contributed by atoms with Crippen LogP contribution in [0.4, 0.5) is 0 Å². The van der Waals surface area contributed by atoms with Crippen molar-refractivity contribution in [3.63, 3.8) is 0 Å². The fourth-order valence-corrected chi connectivity index (χ4v) is 5.79. The molecule has 0 bridgehead atoms. The van der Waals surface area contributed by atoms with Crippen molar-refractivity contribution in [1.82, 2.24) is 0 Å². The molecule has 0 unspecified atom stereocenters. The quantitative estimate of drug-likeness (QED) is 0.174. The fourth-order valence-electron chi connectivity index (χ4n) is 5.79. The summed E-state index contributed by atoms with van der Waals surface area (Å²) in [6, 6.07) is 35.9. The van der Waals surface area contributed by atoms with Crippen LogP contribution in [0.5, 0.6) is 0 Å². The van der Waals surface area contributed by atoms with Crippen LogP contribution in [0.3, 0.4) is 0 Å². The number of hydrogen-bond donors (Lipinski definition) is 0. The Morgan fingerprint density at radius 3 is 1.03 bits per heavy atom. The maximum absolute atomic E-state index is 2.41. The SMILES string of the molecule is Cc1c2ccccc2c(C)c2c3cc4ccccc4cc3c3cc4ccccc4cc3c12. The summed E-state index contributed by atoms with van der Waals surface area (Å²) in [5, 5.41) is 16.1. The van der Waals surface area contributed by atoms with E-state index in [4.69, 9.17) is 0 Å². The highest BCUT2D eigenvalue weighted by atomic mass is 14.2. The van der Waals surface area contributed by atoms with E-state index >= 15 is 0 Å². The molecule has 0 aliphatic carbocycles. The lowest BCUT2D eigenvalue weighted by atomic mass is 9.85. The van der Waals surface area contributed by atoms with Crippen LogP contribution in [0.2, 0.25) is 0 Å². The predicted octanol–water partition coefficient (Wildman–Crippen LogP) is 9.22. The number of hydrogen-bond acceptors (Lipinski definition) is 0. The van der Waals surface area contributed by atoms with Gasteiger partial charge < -0.3 is 0 Å². The van der Waals surface area contributed by atoms with Gasteiger partial charge in [0.15, 0.2) is 0 Å². The number of fused-ring (bicyclic) bond motifs is 9. The lowest BCUT2D eigenvalue weighted by molar-refractivity contribution is 1.54. The monoisotopic (exact) mass is 406 g/mol. The van der Waals surface area contributed by atoms with Crippen LogP contribution in [0.15, 0.2) is 97.1 Å². The summed E-state index contributed by atoms with van der Waals surface area (Å²) in [7, 11) is 0. The molecule has 0 fully saturated rings. The Kier molecular flexibility index (Phi) is 3.50. The third kappa shape index (κ3) is 2.27. The molecule has 0 saturated heterocycles. The summed E-state index contributed by atoms with van der Waals surface area (Å²) >= 11 is 0. The van der Waals surface area contributed by atoms with E-state index in [1.54, 1.807) is 0 Å². The zero-order valence-electron chi connectivity index (χ0n) is 18.2. The van der Waals surface area contributed by atoms with Crippen LogP contribution < -0.4 is 0 Å². The standard InChI is InChI=1S/C32H22/c1-19-25-13-7-8-14-26(25)20(2)32-30-18-24-12-6-4-10-22(24)16-28(30)27-15-21-9-3-5-11-23(21)17-29(27)31(19)32/h3-18H,1-2H3. The van der Waals surface area contributed by atoms with Gasteiger partial charge in [-0.05, 0) is 114 Å². The van der Waals surface area contributed by atoms with Gasteiger partial charge in [0.25, 0.3) is 0 Å². The summed E-state index contributed by atoms with van der Waals surface area (Å²) in [5.41, 5.74) is 2.74. The highest BCUT2D eigenvalue weighted by molar-refractivity contribution is 6.32. The van der Waals surface area contributed by atoms with E-state index in [2.05, 4.69) is 111 Å². The molecule has 7 aromatic rings. The summed E-state index contributed by atoms with van der Waals surface area (Å²) in [4.78, 5) is 0. The molecule has 7 rings (SSSR count). The molecular weight excluding hydrogens is 384 g/mol. The summed E-state index contributed by atoms with van der Waals surface area (Å²) in [5.74, 6) is 0. The van der Waals surface area contributed by atoms with Crippen LogP contribution in [0.25, 0.3) is 64.6 Å². The summed E-state index contributed by atoms with van der Waals surface area (Å²) in [6.45, 7) is 4.59. The van der Waals surface area contributed by atoms with Crippen LogP contribution in [-0.4, -0.2) is 0 Å². The minimum atomic E-state index is 1.30. The van der Waals surface area contributed by atoms with Gasteiger partial charge in [-0.25, -0.2) is 0 Å². The van der Waals surface area contributed by atoms with Gasteiger partial charge in [-0.2, -0.15) is 0 Å². The first-order valence-electron chi connectivity index (χ1n) is 11.3. The third-order valence-corrected chi connectivity index (χ3v) is 7.34. The van der Waals surface area contributed by atoms with Crippen molar-refractivity contribution in [3.05, 3.63) is 108 Å². The van der Waals surface area contributed by atoms with Gasteiger partial charge in [-0.3, -0.25) is 0 Å². The minimum Gasteiger partial charge on any atom is -0.0616 e. The van der Waals surface area contributed by atoms with Crippen LogP contribution in [0, 0.1) is 13.8 Å². The Balaban J connectivity index is 1.88. The molecule has 0 N–H and O–H groups in total. The molecule has 0 aliphatic heterocycles. The number of benzene rings is 7. The second-order valence-electron chi connectivity index (χ2n) is 9.04. The van der Waals surface area contributed by atoms with Gasteiger partial charge in [-0.15, -0.1) is 0 Å². The Hall–Kier alpha value is -3.90. The van der Waals surface area contributed by atoms with Crippen molar-refractivity contribution < 1.29 is 0 Å². The van der Waals surface area contributed by atoms with E-state index in [1.807, 2.05) is 0 Å². The van der Waals surface area contributed by atoms with E-state index in [-0.39, 0.29) is 0 Å². The highest BCUT2D eigenvalue weighted by Crippen LogP contribution is 2.44. The lowest BCUT2D eigenvalue weighted by Crippen LogP contribution is -1.92.